The maximum Gasteiger partial charge on any atom is 0.197 e. The summed E-state index contributed by atoms with van der Waals surface area (Å²) < 4.78 is 0. The number of rotatable bonds is 1. The van der Waals surface area contributed by atoms with Gasteiger partial charge >= 0.3 is 0 Å². The maximum absolute atomic E-state index is 4.60. The molecule has 0 atom stereocenters. The predicted octanol–water partition coefficient (Wildman–Crippen LogP) is -0.0284. The summed E-state index contributed by atoms with van der Waals surface area (Å²) >= 11 is 0. The second kappa shape index (κ2) is 4.17. The van der Waals surface area contributed by atoms with Gasteiger partial charge in [-0.05, 0) is 13.8 Å². The Labute approximate surface area is 86.0 Å². The van der Waals surface area contributed by atoms with E-state index >= 15 is 0 Å². The van der Waals surface area contributed by atoms with Gasteiger partial charge in [-0.15, -0.1) is 0 Å². The Morgan fingerprint density at radius 2 is 1.93 bits per heavy atom. The molecule has 0 aromatic heterocycles. The van der Waals surface area contributed by atoms with Crippen LogP contribution < -0.4 is 5.32 Å². The van der Waals surface area contributed by atoms with Crippen LogP contribution in [0.2, 0.25) is 0 Å². The van der Waals surface area contributed by atoms with Gasteiger partial charge in [-0.1, -0.05) is 0 Å². The van der Waals surface area contributed by atoms with Crippen molar-refractivity contribution >= 4 is 5.96 Å². The second-order valence-electron chi connectivity index (χ2n) is 4.21. The number of hydrogen-bond donors (Lipinski definition) is 1. The molecule has 0 radical (unpaired) electrons. The second-order valence-corrected chi connectivity index (χ2v) is 4.21. The summed E-state index contributed by atoms with van der Waals surface area (Å²) in [7, 11) is 0. The van der Waals surface area contributed by atoms with Crippen molar-refractivity contribution in [2.24, 2.45) is 4.99 Å². The van der Waals surface area contributed by atoms with Crippen molar-refractivity contribution in [3.8, 4) is 0 Å². The highest BCUT2D eigenvalue weighted by Crippen LogP contribution is 2.10. The predicted molar refractivity (Wildman–Crippen MR) is 58.6 cm³/mol. The van der Waals surface area contributed by atoms with Crippen LogP contribution in [-0.2, 0) is 0 Å². The van der Waals surface area contributed by atoms with Gasteiger partial charge in [-0.25, -0.2) is 0 Å². The van der Waals surface area contributed by atoms with E-state index in [9.17, 15) is 0 Å². The summed E-state index contributed by atoms with van der Waals surface area (Å²) in [6.07, 6.45) is 0. The largest absolute Gasteiger partial charge is 0.340 e. The third kappa shape index (κ3) is 1.85. The number of nitrogens with one attached hydrogen (secondary N) is 1. The van der Waals surface area contributed by atoms with E-state index in [1.165, 1.54) is 5.96 Å². The van der Waals surface area contributed by atoms with Crippen LogP contribution in [0.25, 0.3) is 0 Å². The van der Waals surface area contributed by atoms with Gasteiger partial charge in [0, 0.05) is 38.8 Å². The molecule has 2 aliphatic heterocycles. The van der Waals surface area contributed by atoms with E-state index in [0.29, 0.717) is 6.04 Å². The fourth-order valence-electron chi connectivity index (χ4n) is 2.08. The summed E-state index contributed by atoms with van der Waals surface area (Å²) in [5.74, 6) is 1.22. The molecule has 0 unspecified atom stereocenters. The highest BCUT2D eigenvalue weighted by atomic mass is 15.4. The van der Waals surface area contributed by atoms with Crippen LogP contribution in [0.1, 0.15) is 13.8 Å². The van der Waals surface area contributed by atoms with E-state index in [1.54, 1.807) is 0 Å². The summed E-state index contributed by atoms with van der Waals surface area (Å²) in [6, 6.07) is 0.575. The number of nitrogens with zero attached hydrogens (tertiary/aromatic N) is 3. The van der Waals surface area contributed by atoms with Gasteiger partial charge in [0.2, 0.25) is 0 Å². The molecular formula is C10H20N4. The molecule has 0 amide bonds. The molecule has 0 saturated carbocycles. The number of hydrogen-bond acceptors (Lipinski definition) is 4. The Morgan fingerprint density at radius 1 is 1.21 bits per heavy atom. The van der Waals surface area contributed by atoms with Crippen molar-refractivity contribution in [1.82, 2.24) is 15.1 Å². The van der Waals surface area contributed by atoms with Crippen LogP contribution in [0, 0.1) is 0 Å². The van der Waals surface area contributed by atoms with Crippen LogP contribution in [0.5, 0.6) is 0 Å². The quantitative estimate of drug-likeness (QED) is 0.639. The lowest BCUT2D eigenvalue weighted by molar-refractivity contribution is 0.282. The fraction of sp³-hybridized carbons (Fsp3) is 0.900. The summed E-state index contributed by atoms with van der Waals surface area (Å²) in [6.45, 7) is 10.9. The monoisotopic (exact) mass is 196 g/mol. The zero-order chi connectivity index (χ0) is 9.97. The lowest BCUT2D eigenvalue weighted by atomic mass is 10.3. The molecule has 0 bridgehead atoms. The average molecular weight is 196 g/mol. The van der Waals surface area contributed by atoms with Crippen molar-refractivity contribution in [2.75, 3.05) is 39.3 Å². The molecule has 0 aromatic rings. The highest BCUT2D eigenvalue weighted by Gasteiger charge is 2.25. The van der Waals surface area contributed by atoms with Crippen LogP contribution in [0.15, 0.2) is 4.99 Å². The maximum atomic E-state index is 4.60. The molecule has 2 rings (SSSR count). The zero-order valence-electron chi connectivity index (χ0n) is 9.16. The van der Waals surface area contributed by atoms with Gasteiger partial charge in [0.25, 0.3) is 0 Å². The van der Waals surface area contributed by atoms with E-state index in [2.05, 4.69) is 34.0 Å². The van der Waals surface area contributed by atoms with Crippen molar-refractivity contribution in [3.05, 3.63) is 0 Å². The Kier molecular flexibility index (Phi) is 2.91. The fourth-order valence-corrected chi connectivity index (χ4v) is 2.08. The smallest absolute Gasteiger partial charge is 0.197 e. The van der Waals surface area contributed by atoms with Crippen LogP contribution >= 0.6 is 0 Å². The molecule has 2 heterocycles. The molecule has 4 heteroatoms. The van der Waals surface area contributed by atoms with Gasteiger partial charge in [-0.2, -0.15) is 0 Å². The molecule has 80 valence electrons. The minimum Gasteiger partial charge on any atom is -0.340 e. The lowest BCUT2D eigenvalue weighted by Crippen LogP contribution is -2.52. The summed E-state index contributed by atoms with van der Waals surface area (Å²) in [4.78, 5) is 9.42. The Bertz CT molecular complexity index is 218. The number of aliphatic imine (C=N–C) groups is 1. The zero-order valence-corrected chi connectivity index (χ0v) is 9.16. The molecule has 4 nitrogen and oxygen atoms in total. The van der Waals surface area contributed by atoms with Crippen molar-refractivity contribution in [1.29, 1.82) is 0 Å². The van der Waals surface area contributed by atoms with E-state index < -0.39 is 0 Å². The van der Waals surface area contributed by atoms with Crippen LogP contribution in [0.4, 0.5) is 0 Å². The van der Waals surface area contributed by atoms with E-state index in [-0.39, 0.29) is 0 Å². The van der Waals surface area contributed by atoms with Crippen LogP contribution in [0.3, 0.4) is 0 Å². The SMILES string of the molecule is CC(C)N1CCN=C1N1CCNCC1. The van der Waals surface area contributed by atoms with E-state index in [1.807, 2.05) is 0 Å². The van der Waals surface area contributed by atoms with E-state index in [4.69, 9.17) is 0 Å². The standard InChI is InChI=1S/C10H20N4/c1-9(2)14-8-5-12-10(14)13-6-3-11-4-7-13/h9,11H,3-8H2,1-2H3. The molecule has 0 aliphatic carbocycles. The Balaban J connectivity index is 2.01. The van der Waals surface area contributed by atoms with Crippen molar-refractivity contribution in [3.63, 3.8) is 0 Å². The molecule has 2 aliphatic rings. The highest BCUT2D eigenvalue weighted by molar-refractivity contribution is 5.82. The molecule has 0 aromatic carbocycles. The third-order valence-corrected chi connectivity index (χ3v) is 2.87. The first kappa shape index (κ1) is 9.77. The molecule has 1 saturated heterocycles. The van der Waals surface area contributed by atoms with Gasteiger partial charge in [0.05, 0.1) is 6.54 Å². The molecule has 1 fully saturated rings. The first-order valence-electron chi connectivity index (χ1n) is 5.56. The Morgan fingerprint density at radius 3 is 2.57 bits per heavy atom. The van der Waals surface area contributed by atoms with E-state index in [0.717, 1.165) is 39.3 Å². The molecule has 1 N–H and O–H groups in total. The van der Waals surface area contributed by atoms with Crippen molar-refractivity contribution < 1.29 is 0 Å². The Hall–Kier alpha value is -0.770. The van der Waals surface area contributed by atoms with Gasteiger partial charge in [0.1, 0.15) is 0 Å². The minimum absolute atomic E-state index is 0.575. The first-order valence-corrected chi connectivity index (χ1v) is 5.56. The van der Waals surface area contributed by atoms with Crippen molar-refractivity contribution in [2.45, 2.75) is 19.9 Å². The molecule has 0 spiro atoms. The minimum atomic E-state index is 0.575. The number of guanidine groups is 1. The number of piperazine rings is 1. The first-order chi connectivity index (χ1) is 6.79. The molecular weight excluding hydrogens is 176 g/mol. The van der Waals surface area contributed by atoms with Crippen LogP contribution in [-0.4, -0.2) is 61.1 Å². The lowest BCUT2D eigenvalue weighted by Gasteiger charge is -2.35. The summed E-state index contributed by atoms with van der Waals surface area (Å²) in [5, 5.41) is 3.37. The normalized spacial score (nSPS) is 23.2. The van der Waals surface area contributed by atoms with Gasteiger partial charge in [-0.3, -0.25) is 4.99 Å². The molecule has 14 heavy (non-hydrogen) atoms. The topological polar surface area (TPSA) is 30.9 Å². The van der Waals surface area contributed by atoms with Gasteiger partial charge in [0.15, 0.2) is 5.96 Å². The van der Waals surface area contributed by atoms with Gasteiger partial charge < -0.3 is 15.1 Å². The third-order valence-electron chi connectivity index (χ3n) is 2.87. The summed E-state index contributed by atoms with van der Waals surface area (Å²) in [5.41, 5.74) is 0. The average Bonchev–Trinajstić information content (AvgIpc) is 2.67.